The number of hydrogen-bond acceptors (Lipinski definition) is 3. The summed E-state index contributed by atoms with van der Waals surface area (Å²) in [7, 11) is 0. The normalized spacial score (nSPS) is 23.6. The van der Waals surface area contributed by atoms with Gasteiger partial charge in [0.25, 0.3) is 0 Å². The van der Waals surface area contributed by atoms with Crippen LogP contribution in [-0.2, 0) is 4.79 Å². The summed E-state index contributed by atoms with van der Waals surface area (Å²) < 4.78 is 0. The van der Waals surface area contributed by atoms with Crippen LogP contribution in [-0.4, -0.2) is 43.5 Å². The Balaban J connectivity index is 1.63. The van der Waals surface area contributed by atoms with E-state index in [1.54, 1.807) is 0 Å². The highest BCUT2D eigenvalue weighted by molar-refractivity contribution is 5.79. The molecule has 2 fully saturated rings. The Bertz CT molecular complexity index is 502. The van der Waals surface area contributed by atoms with Crippen molar-refractivity contribution in [1.29, 1.82) is 0 Å². The van der Waals surface area contributed by atoms with Gasteiger partial charge in [-0.1, -0.05) is 29.8 Å². The van der Waals surface area contributed by atoms with Crippen molar-refractivity contribution in [3.05, 3.63) is 35.4 Å². The SMILES string of the molecule is Cc1ccc(C(CNC(=O)C2CCCNC2)N2CCCC2)cc1. The maximum Gasteiger partial charge on any atom is 0.224 e. The molecule has 23 heavy (non-hydrogen) atoms. The number of aryl methyl sites for hydroxylation is 1. The van der Waals surface area contributed by atoms with Crippen LogP contribution in [0.3, 0.4) is 0 Å². The zero-order valence-electron chi connectivity index (χ0n) is 14.2. The molecule has 0 aromatic heterocycles. The van der Waals surface area contributed by atoms with Gasteiger partial charge in [0.1, 0.15) is 0 Å². The Hall–Kier alpha value is -1.39. The first-order valence-corrected chi connectivity index (χ1v) is 9.03. The lowest BCUT2D eigenvalue weighted by Gasteiger charge is -2.29. The lowest BCUT2D eigenvalue weighted by atomic mass is 9.98. The fourth-order valence-electron chi connectivity index (χ4n) is 3.72. The van der Waals surface area contributed by atoms with Crippen LogP contribution in [0.5, 0.6) is 0 Å². The molecule has 4 heteroatoms. The van der Waals surface area contributed by atoms with Gasteiger partial charge in [-0.15, -0.1) is 0 Å². The van der Waals surface area contributed by atoms with Gasteiger partial charge in [-0.2, -0.15) is 0 Å². The maximum absolute atomic E-state index is 12.4. The van der Waals surface area contributed by atoms with E-state index in [-0.39, 0.29) is 11.8 Å². The molecule has 2 N–H and O–H groups in total. The standard InChI is InChI=1S/C19H29N3O/c1-15-6-8-16(9-7-15)18(22-11-2-3-12-22)14-21-19(23)17-5-4-10-20-13-17/h6-9,17-18,20H,2-5,10-14H2,1H3,(H,21,23). The van der Waals surface area contributed by atoms with E-state index in [0.717, 1.165) is 45.6 Å². The van der Waals surface area contributed by atoms with Gasteiger partial charge in [-0.25, -0.2) is 0 Å². The summed E-state index contributed by atoms with van der Waals surface area (Å²) in [4.78, 5) is 15.0. The van der Waals surface area contributed by atoms with Crippen molar-refractivity contribution in [2.75, 3.05) is 32.7 Å². The minimum atomic E-state index is 0.140. The van der Waals surface area contributed by atoms with Crippen LogP contribution in [0.1, 0.15) is 42.9 Å². The summed E-state index contributed by atoms with van der Waals surface area (Å²) in [6.07, 6.45) is 4.65. The number of nitrogens with zero attached hydrogens (tertiary/aromatic N) is 1. The average molecular weight is 315 g/mol. The summed E-state index contributed by atoms with van der Waals surface area (Å²) in [6.45, 7) is 6.98. The molecule has 2 aliphatic rings. The van der Waals surface area contributed by atoms with E-state index in [4.69, 9.17) is 0 Å². The van der Waals surface area contributed by atoms with E-state index < -0.39 is 0 Å². The Morgan fingerprint density at radius 1 is 1.26 bits per heavy atom. The average Bonchev–Trinajstić information content (AvgIpc) is 3.11. The molecule has 0 bridgehead atoms. The molecule has 2 atom stereocenters. The topological polar surface area (TPSA) is 44.4 Å². The highest BCUT2D eigenvalue weighted by Crippen LogP contribution is 2.25. The van der Waals surface area contributed by atoms with Crippen molar-refractivity contribution in [2.24, 2.45) is 5.92 Å². The van der Waals surface area contributed by atoms with E-state index in [2.05, 4.69) is 46.7 Å². The zero-order valence-corrected chi connectivity index (χ0v) is 14.2. The molecule has 2 saturated heterocycles. The molecule has 4 nitrogen and oxygen atoms in total. The lowest BCUT2D eigenvalue weighted by Crippen LogP contribution is -2.43. The Morgan fingerprint density at radius 2 is 2.00 bits per heavy atom. The van der Waals surface area contributed by atoms with Crippen molar-refractivity contribution in [2.45, 2.75) is 38.6 Å². The predicted octanol–water partition coefficient (Wildman–Crippen LogP) is 2.25. The van der Waals surface area contributed by atoms with E-state index in [1.807, 2.05) is 0 Å². The van der Waals surface area contributed by atoms with Gasteiger partial charge in [0, 0.05) is 13.1 Å². The van der Waals surface area contributed by atoms with Crippen LogP contribution in [0.4, 0.5) is 0 Å². The number of amides is 1. The van der Waals surface area contributed by atoms with E-state index in [0.29, 0.717) is 6.04 Å². The van der Waals surface area contributed by atoms with Crippen LogP contribution in [0.15, 0.2) is 24.3 Å². The number of hydrogen-bond donors (Lipinski definition) is 2. The summed E-state index contributed by atoms with van der Waals surface area (Å²) in [5, 5.41) is 6.55. The minimum absolute atomic E-state index is 0.140. The second-order valence-electron chi connectivity index (χ2n) is 6.96. The molecule has 0 radical (unpaired) electrons. The predicted molar refractivity (Wildman–Crippen MR) is 93.3 cm³/mol. The first-order valence-electron chi connectivity index (χ1n) is 9.03. The largest absolute Gasteiger partial charge is 0.354 e. The third-order valence-electron chi connectivity index (χ3n) is 5.18. The van der Waals surface area contributed by atoms with Crippen molar-refractivity contribution in [3.8, 4) is 0 Å². The second kappa shape index (κ2) is 7.93. The third-order valence-corrected chi connectivity index (χ3v) is 5.18. The molecule has 126 valence electrons. The van der Waals surface area contributed by atoms with Gasteiger partial charge in [0.15, 0.2) is 0 Å². The van der Waals surface area contributed by atoms with Gasteiger partial charge in [-0.3, -0.25) is 9.69 Å². The molecule has 1 aromatic carbocycles. The van der Waals surface area contributed by atoms with E-state index in [9.17, 15) is 4.79 Å². The van der Waals surface area contributed by atoms with Crippen molar-refractivity contribution in [1.82, 2.24) is 15.5 Å². The van der Waals surface area contributed by atoms with Gasteiger partial charge in [-0.05, 0) is 57.8 Å². The third kappa shape index (κ3) is 4.33. The summed E-state index contributed by atoms with van der Waals surface area (Å²) in [6, 6.07) is 9.08. The molecule has 0 spiro atoms. The minimum Gasteiger partial charge on any atom is -0.354 e. The molecule has 2 heterocycles. The van der Waals surface area contributed by atoms with E-state index >= 15 is 0 Å². The Labute approximate surface area is 139 Å². The number of carbonyl (C=O) groups excluding carboxylic acids is 1. The van der Waals surface area contributed by atoms with Crippen LogP contribution in [0.2, 0.25) is 0 Å². The molecule has 3 rings (SSSR count). The summed E-state index contributed by atoms with van der Waals surface area (Å²) in [5.74, 6) is 0.356. The monoisotopic (exact) mass is 315 g/mol. The maximum atomic E-state index is 12.4. The smallest absolute Gasteiger partial charge is 0.224 e. The molecular weight excluding hydrogens is 286 g/mol. The van der Waals surface area contributed by atoms with Crippen molar-refractivity contribution < 1.29 is 4.79 Å². The van der Waals surface area contributed by atoms with Crippen LogP contribution in [0.25, 0.3) is 0 Å². The fraction of sp³-hybridized carbons (Fsp3) is 0.632. The number of nitrogens with one attached hydrogen (secondary N) is 2. The summed E-state index contributed by atoms with van der Waals surface area (Å²) >= 11 is 0. The van der Waals surface area contributed by atoms with Crippen LogP contribution < -0.4 is 10.6 Å². The molecular formula is C19H29N3O. The van der Waals surface area contributed by atoms with Crippen molar-refractivity contribution >= 4 is 5.91 Å². The lowest BCUT2D eigenvalue weighted by molar-refractivity contribution is -0.125. The van der Waals surface area contributed by atoms with Gasteiger partial charge in [0.2, 0.25) is 5.91 Å². The second-order valence-corrected chi connectivity index (χ2v) is 6.96. The van der Waals surface area contributed by atoms with Crippen LogP contribution >= 0.6 is 0 Å². The first kappa shape index (κ1) is 16.5. The number of carbonyl (C=O) groups is 1. The van der Waals surface area contributed by atoms with Gasteiger partial charge < -0.3 is 10.6 Å². The molecule has 0 aliphatic carbocycles. The van der Waals surface area contributed by atoms with Gasteiger partial charge in [0.05, 0.1) is 12.0 Å². The number of piperidine rings is 1. The number of benzene rings is 1. The highest BCUT2D eigenvalue weighted by Gasteiger charge is 2.26. The number of rotatable bonds is 5. The van der Waals surface area contributed by atoms with Gasteiger partial charge >= 0.3 is 0 Å². The van der Waals surface area contributed by atoms with E-state index in [1.165, 1.54) is 24.0 Å². The zero-order chi connectivity index (χ0) is 16.1. The van der Waals surface area contributed by atoms with Crippen molar-refractivity contribution in [3.63, 3.8) is 0 Å². The molecule has 1 amide bonds. The molecule has 1 aromatic rings. The summed E-state index contributed by atoms with van der Waals surface area (Å²) in [5.41, 5.74) is 2.60. The van der Waals surface area contributed by atoms with Crippen LogP contribution in [0, 0.1) is 12.8 Å². The fourth-order valence-corrected chi connectivity index (χ4v) is 3.72. The molecule has 2 aliphatic heterocycles. The molecule has 2 unspecified atom stereocenters. The number of likely N-dealkylation sites (tertiary alicyclic amines) is 1. The Kier molecular flexibility index (Phi) is 5.68. The Morgan fingerprint density at radius 3 is 2.65 bits per heavy atom. The first-order chi connectivity index (χ1) is 11.2. The quantitative estimate of drug-likeness (QED) is 0.876. The molecule has 0 saturated carbocycles. The highest BCUT2D eigenvalue weighted by atomic mass is 16.1.